The number of nitrogens with two attached hydrogens (primary N) is 2. The van der Waals surface area contributed by atoms with Crippen LogP contribution in [-0.2, 0) is 0 Å². The third kappa shape index (κ3) is 10.6. The summed E-state index contributed by atoms with van der Waals surface area (Å²) < 4.78 is 0. The maximum Gasteiger partial charge on any atom is 0.0431 e. The average molecular weight is 345 g/mol. The van der Waals surface area contributed by atoms with Crippen LogP contribution in [0.4, 0.5) is 0 Å². The molecule has 2 aliphatic heterocycles. The lowest BCUT2D eigenvalue weighted by Gasteiger charge is -2.29. The van der Waals surface area contributed by atoms with E-state index in [9.17, 15) is 0 Å². The van der Waals surface area contributed by atoms with Gasteiger partial charge < -0.3 is 31.5 Å². The van der Waals surface area contributed by atoms with Crippen LogP contribution >= 0.6 is 0 Å². The van der Waals surface area contributed by atoms with E-state index in [4.69, 9.17) is 21.7 Å². The van der Waals surface area contributed by atoms with Crippen molar-refractivity contribution in [1.82, 2.24) is 9.80 Å². The molecule has 2 rings (SSSR count). The van der Waals surface area contributed by atoms with Crippen LogP contribution in [0.1, 0.15) is 51.4 Å². The third-order valence-electron chi connectivity index (χ3n) is 5.03. The highest BCUT2D eigenvalue weighted by Gasteiger charge is 2.15. The minimum atomic E-state index is 0.327. The fourth-order valence-corrected chi connectivity index (χ4v) is 3.25. The van der Waals surface area contributed by atoms with Gasteiger partial charge in [0.15, 0.2) is 0 Å². The molecule has 24 heavy (non-hydrogen) atoms. The molecule has 0 spiro atoms. The monoisotopic (exact) mass is 344 g/mol. The number of hydrogen-bond donors (Lipinski definition) is 4. The first-order valence-corrected chi connectivity index (χ1v) is 9.83. The molecular weight excluding hydrogens is 304 g/mol. The van der Waals surface area contributed by atoms with Crippen LogP contribution in [0.3, 0.4) is 0 Å². The lowest BCUT2D eigenvalue weighted by atomic mass is 10.1. The summed E-state index contributed by atoms with van der Waals surface area (Å²) in [6.45, 7) is 7.50. The van der Waals surface area contributed by atoms with Crippen LogP contribution in [0, 0.1) is 0 Å². The zero-order chi connectivity index (χ0) is 17.6. The molecule has 0 aromatic rings. The fraction of sp³-hybridized carbons (Fsp3) is 1.00. The predicted octanol–water partition coefficient (Wildman–Crippen LogP) is 0.364. The molecule has 0 aromatic heterocycles. The Balaban J connectivity index is 0.000000240. The van der Waals surface area contributed by atoms with Gasteiger partial charge in [0.2, 0.25) is 0 Å². The molecule has 2 aliphatic rings. The zero-order valence-electron chi connectivity index (χ0n) is 15.4. The molecule has 0 unspecified atom stereocenters. The minimum absolute atomic E-state index is 0.327. The molecule has 0 radical (unpaired) electrons. The summed E-state index contributed by atoms with van der Waals surface area (Å²) in [5, 5.41) is 17.2. The van der Waals surface area contributed by atoms with Crippen LogP contribution in [0.15, 0.2) is 0 Å². The van der Waals surface area contributed by atoms with Crippen molar-refractivity contribution < 1.29 is 10.2 Å². The van der Waals surface area contributed by atoms with E-state index in [1.165, 1.54) is 0 Å². The van der Waals surface area contributed by atoms with Gasteiger partial charge in [0.25, 0.3) is 0 Å². The van der Waals surface area contributed by atoms with Gasteiger partial charge in [-0.15, -0.1) is 0 Å². The highest BCUT2D eigenvalue weighted by Crippen LogP contribution is 2.09. The number of nitrogens with zero attached hydrogens (tertiary/aromatic N) is 2. The van der Waals surface area contributed by atoms with Gasteiger partial charge >= 0.3 is 0 Å². The lowest BCUT2D eigenvalue weighted by Crippen LogP contribution is -2.40. The smallest absolute Gasteiger partial charge is 0.0431 e. The predicted molar refractivity (Wildman–Crippen MR) is 99.9 cm³/mol. The fourth-order valence-electron chi connectivity index (χ4n) is 3.25. The molecule has 0 atom stereocenters. The first-order valence-electron chi connectivity index (χ1n) is 9.83. The molecule has 2 fully saturated rings. The van der Waals surface area contributed by atoms with Crippen molar-refractivity contribution in [3.63, 3.8) is 0 Å². The van der Waals surface area contributed by atoms with Crippen LogP contribution < -0.4 is 11.5 Å². The van der Waals surface area contributed by atoms with Gasteiger partial charge in [-0.3, -0.25) is 0 Å². The number of unbranched alkanes of at least 4 members (excludes halogenated alkanes) is 2. The van der Waals surface area contributed by atoms with E-state index in [-0.39, 0.29) is 0 Å². The molecule has 144 valence electrons. The Morgan fingerprint density at radius 1 is 0.625 bits per heavy atom. The Labute approximate surface area is 148 Å². The molecule has 6 heteroatoms. The van der Waals surface area contributed by atoms with Gasteiger partial charge in [-0.25, -0.2) is 0 Å². The van der Waals surface area contributed by atoms with Crippen molar-refractivity contribution in [3.8, 4) is 0 Å². The molecule has 2 heterocycles. The summed E-state index contributed by atoms with van der Waals surface area (Å²) in [7, 11) is 0. The Hall–Kier alpha value is -0.240. The van der Waals surface area contributed by atoms with Gasteiger partial charge in [-0.05, 0) is 90.6 Å². The third-order valence-corrected chi connectivity index (χ3v) is 5.03. The van der Waals surface area contributed by atoms with Crippen molar-refractivity contribution in [3.05, 3.63) is 0 Å². The molecular formula is C18H40N4O2. The molecule has 0 aliphatic carbocycles. The molecule has 6 nitrogen and oxygen atoms in total. The maximum atomic E-state index is 8.60. The molecule has 2 saturated heterocycles. The van der Waals surface area contributed by atoms with Crippen molar-refractivity contribution in [2.45, 2.75) is 63.5 Å². The quantitative estimate of drug-likeness (QED) is 0.475. The molecule has 0 bridgehead atoms. The topological polar surface area (TPSA) is 99.0 Å². The van der Waals surface area contributed by atoms with E-state index in [1.807, 2.05) is 0 Å². The van der Waals surface area contributed by atoms with E-state index in [1.54, 1.807) is 0 Å². The standard InChI is InChI=1S/2C9H20N2O/c2*10-9-3-6-11(7-4-9)5-1-2-8-12/h2*9,12H,1-8,10H2. The van der Waals surface area contributed by atoms with Crippen LogP contribution in [0.25, 0.3) is 0 Å². The second-order valence-electron chi connectivity index (χ2n) is 7.22. The molecule has 6 N–H and O–H groups in total. The van der Waals surface area contributed by atoms with Crippen LogP contribution in [0.2, 0.25) is 0 Å². The number of aliphatic hydroxyl groups excluding tert-OH is 2. The van der Waals surface area contributed by atoms with E-state index in [0.717, 1.165) is 90.6 Å². The van der Waals surface area contributed by atoms with Gasteiger partial charge in [0.1, 0.15) is 0 Å². The summed E-state index contributed by atoms with van der Waals surface area (Å²) in [4.78, 5) is 4.89. The summed E-state index contributed by atoms with van der Waals surface area (Å²) in [6, 6.07) is 0.859. The van der Waals surface area contributed by atoms with E-state index >= 15 is 0 Å². The first kappa shape index (κ1) is 21.8. The summed E-state index contributed by atoms with van der Waals surface area (Å²) >= 11 is 0. The van der Waals surface area contributed by atoms with Crippen LogP contribution in [0.5, 0.6) is 0 Å². The van der Waals surface area contributed by atoms with E-state index < -0.39 is 0 Å². The Bertz CT molecular complexity index is 250. The first-order chi connectivity index (χ1) is 11.7. The average Bonchev–Trinajstić information content (AvgIpc) is 2.59. The van der Waals surface area contributed by atoms with Crippen molar-refractivity contribution in [1.29, 1.82) is 0 Å². The van der Waals surface area contributed by atoms with Crippen molar-refractivity contribution in [2.24, 2.45) is 11.5 Å². The van der Waals surface area contributed by atoms with Crippen LogP contribution in [-0.4, -0.2) is 84.6 Å². The lowest BCUT2D eigenvalue weighted by molar-refractivity contribution is 0.200. The summed E-state index contributed by atoms with van der Waals surface area (Å²) in [5.74, 6) is 0. The van der Waals surface area contributed by atoms with Crippen molar-refractivity contribution in [2.75, 3.05) is 52.5 Å². The highest BCUT2D eigenvalue weighted by atomic mass is 16.3. The largest absolute Gasteiger partial charge is 0.396 e. The molecule has 0 aromatic carbocycles. The Kier molecular flexibility index (Phi) is 12.7. The second-order valence-corrected chi connectivity index (χ2v) is 7.22. The SMILES string of the molecule is NC1CCN(CCCCO)CC1.NC1CCN(CCCCO)CC1. The number of rotatable bonds is 8. The number of aliphatic hydroxyl groups is 2. The molecule has 0 amide bonds. The summed E-state index contributed by atoms with van der Waals surface area (Å²) in [6.07, 6.45) is 8.65. The van der Waals surface area contributed by atoms with E-state index in [0.29, 0.717) is 25.3 Å². The number of piperidine rings is 2. The van der Waals surface area contributed by atoms with Gasteiger partial charge in [-0.2, -0.15) is 0 Å². The second kappa shape index (κ2) is 14.0. The minimum Gasteiger partial charge on any atom is -0.396 e. The molecule has 0 saturated carbocycles. The maximum absolute atomic E-state index is 8.60. The van der Waals surface area contributed by atoms with E-state index in [2.05, 4.69) is 9.80 Å². The Morgan fingerprint density at radius 2 is 0.958 bits per heavy atom. The van der Waals surface area contributed by atoms with Gasteiger partial charge in [0, 0.05) is 25.3 Å². The normalized spacial score (nSPS) is 21.5. The zero-order valence-corrected chi connectivity index (χ0v) is 15.4. The number of hydrogen-bond acceptors (Lipinski definition) is 6. The van der Waals surface area contributed by atoms with Gasteiger partial charge in [0.05, 0.1) is 0 Å². The highest BCUT2D eigenvalue weighted by molar-refractivity contribution is 4.74. The Morgan fingerprint density at radius 3 is 1.25 bits per heavy atom. The summed E-state index contributed by atoms with van der Waals surface area (Å²) in [5.41, 5.74) is 11.6. The van der Waals surface area contributed by atoms with Gasteiger partial charge in [-0.1, -0.05) is 0 Å². The van der Waals surface area contributed by atoms with Crippen molar-refractivity contribution >= 4 is 0 Å². The number of likely N-dealkylation sites (tertiary alicyclic amines) is 2.